The number of carbonyl (C=O) groups is 3. The Labute approximate surface area is 205 Å². The summed E-state index contributed by atoms with van der Waals surface area (Å²) in [6, 6.07) is 15.2. The van der Waals surface area contributed by atoms with Gasteiger partial charge < -0.3 is 25.4 Å². The number of carboxylic acids is 1. The largest absolute Gasteiger partial charge is 0.480 e. The summed E-state index contributed by atoms with van der Waals surface area (Å²) in [6.45, 7) is 0.455. The lowest BCUT2D eigenvalue weighted by atomic mass is 9.85. The summed E-state index contributed by atoms with van der Waals surface area (Å²) in [5.74, 6) is -1.69. The summed E-state index contributed by atoms with van der Waals surface area (Å²) in [5.41, 5.74) is 4.66. The smallest absolute Gasteiger partial charge is 0.407 e. The number of aliphatic carboxylic acids is 1. The molecular weight excluding hydrogens is 446 g/mol. The maximum atomic E-state index is 12.7. The molecule has 1 saturated carbocycles. The zero-order valence-corrected chi connectivity index (χ0v) is 20.2. The minimum Gasteiger partial charge on any atom is -0.480 e. The van der Waals surface area contributed by atoms with Gasteiger partial charge in [0.25, 0.3) is 0 Å². The van der Waals surface area contributed by atoms with Gasteiger partial charge in [-0.25, -0.2) is 9.59 Å². The Balaban J connectivity index is 1.31. The number of carbonyl (C=O) groups excluding carboxylic acids is 2. The lowest BCUT2D eigenvalue weighted by molar-refractivity contribution is -0.143. The van der Waals surface area contributed by atoms with Crippen molar-refractivity contribution in [2.24, 2.45) is 5.92 Å². The number of likely N-dealkylation sites (N-methyl/N-ethyl adjacent to an activating group) is 1. The van der Waals surface area contributed by atoms with Crippen LogP contribution < -0.4 is 10.6 Å². The van der Waals surface area contributed by atoms with Crippen molar-refractivity contribution in [2.45, 2.75) is 43.7 Å². The summed E-state index contributed by atoms with van der Waals surface area (Å²) in [7, 11) is 3.52. The molecule has 3 atom stereocenters. The van der Waals surface area contributed by atoms with E-state index >= 15 is 0 Å². The van der Waals surface area contributed by atoms with Crippen LogP contribution in [-0.4, -0.2) is 67.3 Å². The van der Waals surface area contributed by atoms with Crippen LogP contribution in [0.15, 0.2) is 48.5 Å². The molecule has 35 heavy (non-hydrogen) atoms. The van der Waals surface area contributed by atoms with E-state index in [1.165, 1.54) is 11.1 Å². The molecule has 0 bridgehead atoms. The molecule has 8 nitrogen and oxygen atoms in total. The number of hydrogen-bond donors (Lipinski definition) is 3. The van der Waals surface area contributed by atoms with E-state index in [4.69, 9.17) is 4.74 Å². The van der Waals surface area contributed by atoms with E-state index in [9.17, 15) is 19.5 Å². The number of rotatable bonds is 8. The van der Waals surface area contributed by atoms with Crippen LogP contribution in [0.4, 0.5) is 4.79 Å². The number of carboxylic acid groups (broad SMARTS) is 1. The molecule has 2 aliphatic carbocycles. The van der Waals surface area contributed by atoms with Crippen LogP contribution in [0.5, 0.6) is 0 Å². The van der Waals surface area contributed by atoms with Gasteiger partial charge in [-0.2, -0.15) is 0 Å². The van der Waals surface area contributed by atoms with Crippen LogP contribution in [0.3, 0.4) is 0 Å². The number of nitrogens with zero attached hydrogens (tertiary/aromatic N) is 1. The van der Waals surface area contributed by atoms with E-state index in [1.54, 1.807) is 19.0 Å². The zero-order chi connectivity index (χ0) is 24.9. The van der Waals surface area contributed by atoms with Gasteiger partial charge in [-0.15, -0.1) is 0 Å². The van der Waals surface area contributed by atoms with Crippen molar-refractivity contribution in [3.63, 3.8) is 0 Å². The van der Waals surface area contributed by atoms with Gasteiger partial charge in [0.1, 0.15) is 12.6 Å². The Morgan fingerprint density at radius 3 is 2.26 bits per heavy atom. The monoisotopic (exact) mass is 479 g/mol. The normalized spacial score (nSPS) is 20.0. The Morgan fingerprint density at radius 1 is 1.03 bits per heavy atom. The molecule has 2 amide bonds. The number of nitrogens with one attached hydrogen (secondary N) is 2. The molecule has 2 aliphatic rings. The Kier molecular flexibility index (Phi) is 7.70. The average Bonchev–Trinajstić information content (AvgIpc) is 3.16. The van der Waals surface area contributed by atoms with Crippen LogP contribution in [0, 0.1) is 5.92 Å². The lowest BCUT2D eigenvalue weighted by Crippen LogP contribution is -2.50. The lowest BCUT2D eigenvalue weighted by Gasteiger charge is -2.30. The summed E-state index contributed by atoms with van der Waals surface area (Å²) in [4.78, 5) is 38.6. The number of ether oxygens (including phenoxy) is 1. The molecule has 8 heteroatoms. The molecule has 3 N–H and O–H groups in total. The van der Waals surface area contributed by atoms with E-state index in [0.29, 0.717) is 12.8 Å². The number of benzene rings is 2. The predicted molar refractivity (Wildman–Crippen MR) is 132 cm³/mol. The summed E-state index contributed by atoms with van der Waals surface area (Å²) >= 11 is 0. The van der Waals surface area contributed by atoms with E-state index in [-0.39, 0.29) is 36.9 Å². The third-order valence-electron chi connectivity index (χ3n) is 6.87. The highest BCUT2D eigenvalue weighted by molar-refractivity contribution is 5.85. The second-order valence-corrected chi connectivity index (χ2v) is 9.69. The molecule has 0 radical (unpaired) electrons. The average molecular weight is 480 g/mol. The SMILES string of the molecule is CN(C)CC(NC(=O)[C@@H]1CCC[C@H](NC(=O)OCC2c3ccccc3-c3ccccc32)C1)C(=O)O. The maximum Gasteiger partial charge on any atom is 0.407 e. The van der Waals surface area contributed by atoms with Gasteiger partial charge in [-0.3, -0.25) is 4.79 Å². The molecule has 0 aliphatic heterocycles. The highest BCUT2D eigenvalue weighted by atomic mass is 16.5. The van der Waals surface area contributed by atoms with Crippen molar-refractivity contribution in [2.75, 3.05) is 27.2 Å². The van der Waals surface area contributed by atoms with Gasteiger partial charge in [-0.05, 0) is 55.6 Å². The first-order valence-corrected chi connectivity index (χ1v) is 12.1. The van der Waals surface area contributed by atoms with Crippen molar-refractivity contribution < 1.29 is 24.2 Å². The number of alkyl carbamates (subject to hydrolysis) is 1. The first kappa shape index (κ1) is 24.7. The fraction of sp³-hybridized carbons (Fsp3) is 0.444. The van der Waals surface area contributed by atoms with Gasteiger partial charge >= 0.3 is 12.1 Å². The van der Waals surface area contributed by atoms with E-state index in [1.807, 2.05) is 24.3 Å². The highest BCUT2D eigenvalue weighted by Gasteiger charge is 2.32. The standard InChI is InChI=1S/C27H33N3O5/c1-30(2)15-24(26(32)33)29-25(31)17-8-7-9-18(14-17)28-27(34)35-16-23-21-12-5-3-10-19(21)20-11-4-6-13-22(20)23/h3-6,10-13,17-18,23-24H,7-9,14-16H2,1-2H3,(H,28,34)(H,29,31)(H,32,33)/t17-,18+,24?/m1/s1. The molecule has 1 unspecified atom stereocenters. The molecule has 186 valence electrons. The van der Waals surface area contributed by atoms with Gasteiger partial charge in [0.2, 0.25) is 5.91 Å². The summed E-state index contributed by atoms with van der Waals surface area (Å²) in [6.07, 6.45) is 2.17. The molecule has 0 heterocycles. The van der Waals surface area contributed by atoms with Gasteiger partial charge in [0.15, 0.2) is 0 Å². The first-order chi connectivity index (χ1) is 16.8. The molecule has 4 rings (SSSR count). The van der Waals surface area contributed by atoms with Crippen LogP contribution >= 0.6 is 0 Å². The summed E-state index contributed by atoms with van der Waals surface area (Å²) < 4.78 is 5.64. The highest BCUT2D eigenvalue weighted by Crippen LogP contribution is 2.44. The molecule has 1 fully saturated rings. The minimum atomic E-state index is -1.06. The molecule has 2 aromatic carbocycles. The van der Waals surface area contributed by atoms with Gasteiger partial charge in [-0.1, -0.05) is 55.0 Å². The van der Waals surface area contributed by atoms with E-state index < -0.39 is 18.1 Å². The van der Waals surface area contributed by atoms with Gasteiger partial charge in [0.05, 0.1) is 0 Å². The molecule has 0 aromatic heterocycles. The summed E-state index contributed by atoms with van der Waals surface area (Å²) in [5, 5.41) is 15.0. The van der Waals surface area contributed by atoms with Crippen molar-refractivity contribution in [3.8, 4) is 11.1 Å². The second-order valence-electron chi connectivity index (χ2n) is 9.69. The Hall–Kier alpha value is -3.39. The van der Waals surface area contributed by atoms with E-state index in [0.717, 1.165) is 24.0 Å². The topological polar surface area (TPSA) is 108 Å². The number of hydrogen-bond acceptors (Lipinski definition) is 5. The Morgan fingerprint density at radius 2 is 1.66 bits per heavy atom. The fourth-order valence-corrected chi connectivity index (χ4v) is 5.21. The predicted octanol–water partition coefficient (Wildman–Crippen LogP) is 3.21. The molecule has 2 aromatic rings. The third-order valence-corrected chi connectivity index (χ3v) is 6.87. The van der Waals surface area contributed by atoms with Crippen LogP contribution in [0.1, 0.15) is 42.7 Å². The van der Waals surface area contributed by atoms with Crippen molar-refractivity contribution >= 4 is 18.0 Å². The van der Waals surface area contributed by atoms with Crippen molar-refractivity contribution in [1.29, 1.82) is 0 Å². The number of fused-ring (bicyclic) bond motifs is 3. The maximum absolute atomic E-state index is 12.7. The zero-order valence-electron chi connectivity index (χ0n) is 20.2. The third kappa shape index (κ3) is 5.82. The fourth-order valence-electron chi connectivity index (χ4n) is 5.21. The minimum absolute atomic E-state index is 0.0114. The van der Waals surface area contributed by atoms with Crippen molar-refractivity contribution in [3.05, 3.63) is 59.7 Å². The number of amides is 2. The molecule has 0 saturated heterocycles. The first-order valence-electron chi connectivity index (χ1n) is 12.1. The quantitative estimate of drug-likeness (QED) is 0.537. The van der Waals surface area contributed by atoms with Crippen LogP contribution in [-0.2, 0) is 14.3 Å². The van der Waals surface area contributed by atoms with Gasteiger partial charge in [0, 0.05) is 24.4 Å². The molecule has 0 spiro atoms. The van der Waals surface area contributed by atoms with E-state index in [2.05, 4.69) is 34.9 Å². The second kappa shape index (κ2) is 10.9. The van der Waals surface area contributed by atoms with Crippen LogP contribution in [0.25, 0.3) is 11.1 Å². The van der Waals surface area contributed by atoms with Crippen LogP contribution in [0.2, 0.25) is 0 Å². The van der Waals surface area contributed by atoms with Crippen molar-refractivity contribution in [1.82, 2.24) is 15.5 Å². The molecular formula is C27H33N3O5. The Bertz CT molecular complexity index is 1040.